The van der Waals surface area contributed by atoms with E-state index in [1.54, 1.807) is 22.1 Å². The Morgan fingerprint density at radius 2 is 1.88 bits per heavy atom. The Morgan fingerprint density at radius 3 is 2.81 bits per heavy atom. The van der Waals surface area contributed by atoms with Gasteiger partial charge in [-0.15, -0.1) is 0 Å². The smallest absolute Gasteiger partial charge is 0.00603 e. The van der Waals surface area contributed by atoms with Crippen LogP contribution in [0.2, 0.25) is 0 Å². The minimum atomic E-state index is 1.16. The largest absolute Gasteiger partial charge is 0.0683 e. The van der Waals surface area contributed by atoms with Crippen molar-refractivity contribution in [2.75, 3.05) is 0 Å². The van der Waals surface area contributed by atoms with Crippen LogP contribution in [0.3, 0.4) is 0 Å². The van der Waals surface area contributed by atoms with Crippen LogP contribution in [0.25, 0.3) is 16.8 Å². The lowest BCUT2D eigenvalue weighted by Gasteiger charge is -2.07. The fraction of sp³-hybridized carbons (Fsp3) is 0.250. The first-order valence-corrected chi connectivity index (χ1v) is 6.06. The highest BCUT2D eigenvalue weighted by atomic mass is 14.2. The summed E-state index contributed by atoms with van der Waals surface area (Å²) in [4.78, 5) is 0. The van der Waals surface area contributed by atoms with Gasteiger partial charge in [-0.2, -0.15) is 0 Å². The molecule has 0 spiro atoms. The monoisotopic (exact) mass is 206 g/mol. The lowest BCUT2D eigenvalue weighted by molar-refractivity contribution is 1.02. The second-order valence-corrected chi connectivity index (χ2v) is 5.12. The molecule has 0 radical (unpaired) electrons. The fourth-order valence-electron chi connectivity index (χ4n) is 3.33. The van der Waals surface area contributed by atoms with E-state index < -0.39 is 0 Å². The number of aryl methyl sites for hydroxylation is 2. The van der Waals surface area contributed by atoms with Gasteiger partial charge in [0.25, 0.3) is 0 Å². The summed E-state index contributed by atoms with van der Waals surface area (Å²) in [5.74, 6) is 0. The quantitative estimate of drug-likeness (QED) is 0.613. The van der Waals surface area contributed by atoms with Crippen molar-refractivity contribution in [2.24, 2.45) is 0 Å². The maximum Gasteiger partial charge on any atom is -0.00603 e. The molecule has 0 fully saturated rings. The Labute approximate surface area is 95.6 Å². The summed E-state index contributed by atoms with van der Waals surface area (Å²) in [7, 11) is 0. The highest BCUT2D eigenvalue weighted by molar-refractivity contribution is 5.99. The zero-order chi connectivity index (χ0) is 10.7. The van der Waals surface area contributed by atoms with Crippen molar-refractivity contribution in [1.82, 2.24) is 0 Å². The van der Waals surface area contributed by atoms with Gasteiger partial charge in [-0.1, -0.05) is 35.9 Å². The van der Waals surface area contributed by atoms with E-state index in [0.717, 1.165) is 6.42 Å². The first kappa shape index (κ1) is 8.58. The summed E-state index contributed by atoms with van der Waals surface area (Å²) in [6, 6.07) is 9.24. The minimum absolute atomic E-state index is 1.16. The lowest BCUT2D eigenvalue weighted by atomic mass is 9.97. The van der Waals surface area contributed by atoms with Crippen LogP contribution in [0, 0.1) is 0 Å². The molecular formula is C16H14. The molecule has 0 amide bonds. The zero-order valence-electron chi connectivity index (χ0n) is 9.51. The molecule has 0 aromatic heterocycles. The average molecular weight is 206 g/mol. The van der Waals surface area contributed by atoms with Crippen molar-refractivity contribution in [1.29, 1.82) is 0 Å². The molecule has 2 aliphatic carbocycles. The summed E-state index contributed by atoms with van der Waals surface area (Å²) in [6.07, 6.45) is 6.00. The normalized spacial score (nSPS) is 16.7. The molecule has 0 aliphatic heterocycles. The number of rotatable bonds is 0. The van der Waals surface area contributed by atoms with E-state index in [2.05, 4.69) is 37.3 Å². The van der Waals surface area contributed by atoms with Gasteiger partial charge in [0.2, 0.25) is 0 Å². The van der Waals surface area contributed by atoms with Gasteiger partial charge in [-0.05, 0) is 59.2 Å². The molecule has 0 heteroatoms. The molecule has 4 rings (SSSR count). The molecule has 0 nitrogen and oxygen atoms in total. The number of fused-ring (bicyclic) bond motifs is 2. The maximum atomic E-state index is 2.45. The second-order valence-electron chi connectivity index (χ2n) is 5.12. The van der Waals surface area contributed by atoms with Gasteiger partial charge in [0, 0.05) is 0 Å². The van der Waals surface area contributed by atoms with Gasteiger partial charge in [-0.25, -0.2) is 0 Å². The Balaban J connectivity index is 2.21. The van der Waals surface area contributed by atoms with Crippen molar-refractivity contribution in [3.63, 3.8) is 0 Å². The van der Waals surface area contributed by atoms with Crippen molar-refractivity contribution >= 4 is 16.8 Å². The van der Waals surface area contributed by atoms with Crippen LogP contribution in [0.15, 0.2) is 29.8 Å². The van der Waals surface area contributed by atoms with E-state index in [0.29, 0.717) is 0 Å². The third-order valence-electron chi connectivity index (χ3n) is 3.98. The SMILES string of the molecule is CC1=Cc2c(cc3c4c(cccc24)CC3)C1. The van der Waals surface area contributed by atoms with Gasteiger partial charge in [0.05, 0.1) is 0 Å². The highest BCUT2D eigenvalue weighted by Crippen LogP contribution is 2.38. The van der Waals surface area contributed by atoms with Crippen LogP contribution >= 0.6 is 0 Å². The van der Waals surface area contributed by atoms with Gasteiger partial charge in [0.1, 0.15) is 0 Å². The number of hydrogen-bond acceptors (Lipinski definition) is 0. The van der Waals surface area contributed by atoms with E-state index in [-0.39, 0.29) is 0 Å². The average Bonchev–Trinajstić information content (AvgIpc) is 2.84. The number of allylic oxidation sites excluding steroid dienone is 1. The molecule has 0 saturated carbocycles. The van der Waals surface area contributed by atoms with E-state index in [9.17, 15) is 0 Å². The Bertz CT molecular complexity index is 645. The van der Waals surface area contributed by atoms with Crippen LogP contribution in [0.1, 0.15) is 29.2 Å². The molecule has 2 aromatic carbocycles. The standard InChI is InChI=1S/C16H14/c1-10-7-13-9-12-6-5-11-3-2-4-14(16(11)12)15(13)8-10/h2-4,8-9H,5-7H2,1H3. The van der Waals surface area contributed by atoms with Crippen LogP contribution < -0.4 is 0 Å². The van der Waals surface area contributed by atoms with Crippen LogP contribution in [-0.2, 0) is 19.3 Å². The third-order valence-corrected chi connectivity index (χ3v) is 3.98. The van der Waals surface area contributed by atoms with Crippen LogP contribution in [0.4, 0.5) is 0 Å². The van der Waals surface area contributed by atoms with Crippen molar-refractivity contribution in [2.45, 2.75) is 26.2 Å². The molecule has 16 heavy (non-hydrogen) atoms. The lowest BCUT2D eigenvalue weighted by Crippen LogP contribution is -1.88. The molecule has 78 valence electrons. The van der Waals surface area contributed by atoms with Crippen LogP contribution in [-0.4, -0.2) is 0 Å². The van der Waals surface area contributed by atoms with E-state index in [1.807, 2.05) is 0 Å². The molecule has 0 bridgehead atoms. The molecule has 0 N–H and O–H groups in total. The predicted molar refractivity (Wildman–Crippen MR) is 68.7 cm³/mol. The van der Waals surface area contributed by atoms with Crippen molar-refractivity contribution in [3.05, 3.63) is 52.1 Å². The predicted octanol–water partition coefficient (Wildman–Crippen LogP) is 3.90. The summed E-state index contributed by atoms with van der Waals surface area (Å²) >= 11 is 0. The molecule has 0 saturated heterocycles. The van der Waals surface area contributed by atoms with Gasteiger partial charge in [-0.3, -0.25) is 0 Å². The number of benzene rings is 2. The summed E-state index contributed by atoms with van der Waals surface area (Å²) in [5, 5.41) is 3.03. The maximum absolute atomic E-state index is 2.45. The topological polar surface area (TPSA) is 0 Å². The number of hydrogen-bond donors (Lipinski definition) is 0. The van der Waals surface area contributed by atoms with E-state index in [1.165, 1.54) is 29.4 Å². The highest BCUT2D eigenvalue weighted by Gasteiger charge is 2.20. The van der Waals surface area contributed by atoms with Crippen LogP contribution in [0.5, 0.6) is 0 Å². The minimum Gasteiger partial charge on any atom is -0.0683 e. The first-order chi connectivity index (χ1) is 7.83. The summed E-state index contributed by atoms with van der Waals surface area (Å²) < 4.78 is 0. The summed E-state index contributed by atoms with van der Waals surface area (Å²) in [5.41, 5.74) is 7.65. The van der Waals surface area contributed by atoms with Gasteiger partial charge >= 0.3 is 0 Å². The third kappa shape index (κ3) is 0.948. The second kappa shape index (κ2) is 2.76. The summed E-state index contributed by atoms with van der Waals surface area (Å²) in [6.45, 7) is 2.24. The molecule has 2 aromatic rings. The zero-order valence-corrected chi connectivity index (χ0v) is 9.51. The van der Waals surface area contributed by atoms with Crippen molar-refractivity contribution < 1.29 is 0 Å². The molecule has 0 atom stereocenters. The molecular weight excluding hydrogens is 192 g/mol. The van der Waals surface area contributed by atoms with E-state index in [4.69, 9.17) is 0 Å². The fourth-order valence-corrected chi connectivity index (χ4v) is 3.33. The Kier molecular flexibility index (Phi) is 1.48. The first-order valence-electron chi connectivity index (χ1n) is 6.06. The van der Waals surface area contributed by atoms with Gasteiger partial charge in [0.15, 0.2) is 0 Å². The Hall–Kier alpha value is -1.56. The Morgan fingerprint density at radius 1 is 1.00 bits per heavy atom. The van der Waals surface area contributed by atoms with Gasteiger partial charge < -0.3 is 0 Å². The molecule has 0 unspecified atom stereocenters. The molecule has 0 heterocycles. The molecule has 2 aliphatic rings. The van der Waals surface area contributed by atoms with E-state index >= 15 is 0 Å². The van der Waals surface area contributed by atoms with Crippen molar-refractivity contribution in [3.8, 4) is 0 Å².